The van der Waals surface area contributed by atoms with Gasteiger partial charge in [0, 0.05) is 54.5 Å². The molecule has 17 aromatic rings. The highest BCUT2D eigenvalue weighted by Crippen LogP contribution is 2.44. The molecule has 0 aliphatic carbocycles. The summed E-state index contributed by atoms with van der Waals surface area (Å²) in [7, 11) is 0. The van der Waals surface area contributed by atoms with Gasteiger partial charge in [-0.3, -0.25) is 0 Å². The Morgan fingerprint density at radius 1 is 0.205 bits per heavy atom. The van der Waals surface area contributed by atoms with E-state index in [0.29, 0.717) is 0 Å². The number of hydrogen-bond donors (Lipinski definition) is 0. The molecule has 0 atom stereocenters. The zero-order chi connectivity index (χ0) is 47.5. The molecule has 336 valence electrons. The lowest BCUT2D eigenvalue weighted by molar-refractivity contribution is 1.18. The standard InChI is InChI=1S/C70H41N3/c1-2-11-52(12-3-1)71-62-18-7-5-14-55(62)60-39-43(28-33-65(60)71)50-35-46-21-23-48-37-51(38-49-24-22-47(36-50)68(46)69(48)49)44-29-34-66-61(40-44)56-15-6-8-19-63(56)72(66)53-30-25-42(26-31-53)45-27-32-57-59-17-10-16-58-54-13-4-9-20-64(54)73(70(58)59)67(57)41-45/h1-41H. The molecule has 0 unspecified atom stereocenters. The monoisotopic (exact) mass is 923 g/mol. The maximum absolute atomic E-state index is 2.46. The Morgan fingerprint density at radius 2 is 0.603 bits per heavy atom. The van der Waals surface area contributed by atoms with Gasteiger partial charge in [0.1, 0.15) is 0 Å². The van der Waals surface area contributed by atoms with Gasteiger partial charge in [-0.25, -0.2) is 0 Å². The lowest BCUT2D eigenvalue weighted by Crippen LogP contribution is -1.94. The van der Waals surface area contributed by atoms with Crippen molar-refractivity contribution in [2.45, 2.75) is 0 Å². The van der Waals surface area contributed by atoms with Crippen molar-refractivity contribution in [2.24, 2.45) is 0 Å². The van der Waals surface area contributed by atoms with Gasteiger partial charge in [0.2, 0.25) is 0 Å². The van der Waals surface area contributed by atoms with E-state index in [-0.39, 0.29) is 0 Å². The van der Waals surface area contributed by atoms with Crippen LogP contribution in [0, 0.1) is 0 Å². The Morgan fingerprint density at radius 3 is 1.15 bits per heavy atom. The van der Waals surface area contributed by atoms with E-state index in [4.69, 9.17) is 0 Å². The molecule has 0 radical (unpaired) electrons. The van der Waals surface area contributed by atoms with E-state index in [0.717, 1.165) is 5.69 Å². The highest BCUT2D eigenvalue weighted by Gasteiger charge is 2.20. The van der Waals surface area contributed by atoms with Crippen LogP contribution in [-0.2, 0) is 0 Å². The third-order valence-electron chi connectivity index (χ3n) is 16.2. The van der Waals surface area contributed by atoms with E-state index in [2.05, 4.69) is 262 Å². The SMILES string of the molecule is c1ccc(-n2c3ccccc3c3cc(-c4cc5ccc6cc(-c7ccc8c(c7)c7ccccc7n8-c7ccc(-c8ccc9c%10cccc%11c%12ccccc%12n(c9c8)c%11%10)cc7)cc7ccc(c4)c5c67)ccc32)cc1. The van der Waals surface area contributed by atoms with E-state index in [1.54, 1.807) is 0 Å². The van der Waals surface area contributed by atoms with E-state index in [9.17, 15) is 0 Å². The maximum atomic E-state index is 2.46. The zero-order valence-corrected chi connectivity index (χ0v) is 39.5. The summed E-state index contributed by atoms with van der Waals surface area (Å²) in [5, 5.41) is 18.0. The van der Waals surface area contributed by atoms with Gasteiger partial charge in [-0.1, -0.05) is 152 Å². The van der Waals surface area contributed by atoms with Crippen molar-refractivity contribution in [3.8, 4) is 44.8 Å². The second kappa shape index (κ2) is 14.4. The molecule has 0 saturated carbocycles. The Hall–Kier alpha value is -9.70. The number of aromatic nitrogens is 3. The van der Waals surface area contributed by atoms with Crippen molar-refractivity contribution in [1.82, 2.24) is 13.5 Å². The van der Waals surface area contributed by atoms with Crippen molar-refractivity contribution < 1.29 is 0 Å². The molecule has 4 aromatic heterocycles. The first-order valence-electron chi connectivity index (χ1n) is 25.3. The van der Waals surface area contributed by atoms with Crippen molar-refractivity contribution in [3.63, 3.8) is 0 Å². The third-order valence-corrected chi connectivity index (χ3v) is 16.2. The average Bonchev–Trinajstić information content (AvgIpc) is 4.19. The van der Waals surface area contributed by atoms with Gasteiger partial charge in [0.05, 0.1) is 38.6 Å². The molecule has 0 spiro atoms. The third kappa shape index (κ3) is 5.43. The smallest absolute Gasteiger partial charge is 0.0620 e. The van der Waals surface area contributed by atoms with Crippen LogP contribution >= 0.6 is 0 Å². The van der Waals surface area contributed by atoms with Gasteiger partial charge in [0.25, 0.3) is 0 Å². The Balaban J connectivity index is 0.734. The van der Waals surface area contributed by atoms with Crippen molar-refractivity contribution in [1.29, 1.82) is 0 Å². The van der Waals surface area contributed by atoms with Crippen LogP contribution in [0.15, 0.2) is 249 Å². The second-order valence-electron chi connectivity index (χ2n) is 20.1. The highest BCUT2D eigenvalue weighted by molar-refractivity contribution is 6.26. The molecule has 0 saturated heterocycles. The van der Waals surface area contributed by atoms with Crippen molar-refractivity contribution in [2.75, 3.05) is 0 Å². The summed E-state index contributed by atoms with van der Waals surface area (Å²) in [6.07, 6.45) is 0. The van der Waals surface area contributed by atoms with Crippen LogP contribution < -0.4 is 0 Å². The molecule has 73 heavy (non-hydrogen) atoms. The topological polar surface area (TPSA) is 14.3 Å². The number of benzene rings is 13. The Bertz CT molecular complexity index is 5060. The molecule has 0 aliphatic rings. The van der Waals surface area contributed by atoms with Crippen LogP contribution in [0.5, 0.6) is 0 Å². The minimum atomic E-state index is 1.15. The Kier molecular flexibility index (Phi) is 7.73. The van der Waals surface area contributed by atoms with Gasteiger partial charge < -0.3 is 13.5 Å². The molecule has 0 fully saturated rings. The summed E-state index contributed by atoms with van der Waals surface area (Å²) in [5.41, 5.74) is 18.3. The van der Waals surface area contributed by atoms with Crippen LogP contribution in [0.3, 0.4) is 0 Å². The van der Waals surface area contributed by atoms with Crippen LogP contribution in [0.4, 0.5) is 0 Å². The lowest BCUT2D eigenvalue weighted by Gasteiger charge is -2.15. The summed E-state index contributed by atoms with van der Waals surface area (Å²) in [5.74, 6) is 0. The molecule has 0 aliphatic heterocycles. The predicted molar refractivity (Wildman–Crippen MR) is 310 cm³/mol. The maximum Gasteiger partial charge on any atom is 0.0620 e. The number of fused-ring (bicyclic) bond motifs is 12. The molecule has 17 rings (SSSR count). The molecular weight excluding hydrogens is 883 g/mol. The van der Waals surface area contributed by atoms with Crippen LogP contribution in [0.25, 0.3) is 159 Å². The molecule has 0 amide bonds. The highest BCUT2D eigenvalue weighted by atomic mass is 15.0. The van der Waals surface area contributed by atoms with E-state index in [1.165, 1.54) is 153 Å². The number of rotatable bonds is 5. The average molecular weight is 924 g/mol. The van der Waals surface area contributed by atoms with Gasteiger partial charge >= 0.3 is 0 Å². The zero-order valence-electron chi connectivity index (χ0n) is 39.5. The number of para-hydroxylation sites is 5. The molecule has 4 heterocycles. The minimum absolute atomic E-state index is 1.15. The molecular formula is C70H41N3. The van der Waals surface area contributed by atoms with Gasteiger partial charge in [-0.15, -0.1) is 0 Å². The fraction of sp³-hybridized carbons (Fsp3) is 0. The van der Waals surface area contributed by atoms with Crippen LogP contribution in [0.1, 0.15) is 0 Å². The van der Waals surface area contributed by atoms with Crippen LogP contribution in [-0.4, -0.2) is 13.5 Å². The minimum Gasteiger partial charge on any atom is -0.309 e. The number of nitrogens with zero attached hydrogens (tertiary/aromatic N) is 3. The fourth-order valence-corrected chi connectivity index (χ4v) is 13.0. The van der Waals surface area contributed by atoms with Crippen molar-refractivity contribution >= 4 is 114 Å². The first-order valence-corrected chi connectivity index (χ1v) is 25.3. The summed E-state index contributed by atoms with van der Waals surface area (Å²) in [6.45, 7) is 0. The molecule has 0 bridgehead atoms. The summed E-state index contributed by atoms with van der Waals surface area (Å²) < 4.78 is 7.27. The normalized spacial score (nSPS) is 12.4. The van der Waals surface area contributed by atoms with Gasteiger partial charge in [-0.2, -0.15) is 0 Å². The first-order chi connectivity index (χ1) is 36.2. The van der Waals surface area contributed by atoms with E-state index in [1.807, 2.05) is 0 Å². The largest absolute Gasteiger partial charge is 0.309 e. The molecule has 0 N–H and O–H groups in total. The molecule has 3 nitrogen and oxygen atoms in total. The molecule has 3 heteroatoms. The molecule has 13 aromatic carbocycles. The Labute approximate surface area is 418 Å². The first kappa shape index (κ1) is 39.1. The summed E-state index contributed by atoms with van der Waals surface area (Å²) >= 11 is 0. The summed E-state index contributed by atoms with van der Waals surface area (Å²) in [4.78, 5) is 0. The fourth-order valence-electron chi connectivity index (χ4n) is 13.0. The van der Waals surface area contributed by atoms with E-state index < -0.39 is 0 Å². The second-order valence-corrected chi connectivity index (χ2v) is 20.1. The predicted octanol–water partition coefficient (Wildman–Crippen LogP) is 18.9. The van der Waals surface area contributed by atoms with Gasteiger partial charge in [-0.05, 0) is 163 Å². The van der Waals surface area contributed by atoms with Crippen molar-refractivity contribution in [3.05, 3.63) is 249 Å². The number of hydrogen-bond acceptors (Lipinski definition) is 0. The summed E-state index contributed by atoms with van der Waals surface area (Å²) in [6, 6.07) is 92.8. The lowest BCUT2D eigenvalue weighted by atomic mass is 9.89. The quantitative estimate of drug-likeness (QED) is 0.153. The van der Waals surface area contributed by atoms with Crippen LogP contribution in [0.2, 0.25) is 0 Å². The van der Waals surface area contributed by atoms with Gasteiger partial charge in [0.15, 0.2) is 0 Å². The van der Waals surface area contributed by atoms with E-state index >= 15 is 0 Å².